The quantitative estimate of drug-likeness (QED) is 0.723. The van der Waals surface area contributed by atoms with Gasteiger partial charge in [-0.3, -0.25) is 0 Å². The molecule has 0 saturated heterocycles. The van der Waals surface area contributed by atoms with Crippen LogP contribution in [0, 0.1) is 12.7 Å². The largest absolute Gasteiger partial charge is 0.398 e. The number of halogens is 2. The van der Waals surface area contributed by atoms with E-state index < -0.39 is 0 Å². The zero-order chi connectivity index (χ0) is 15.0. The highest BCUT2D eigenvalue weighted by Gasteiger charge is 2.16. The highest BCUT2D eigenvalue weighted by Crippen LogP contribution is 2.29. The van der Waals surface area contributed by atoms with Gasteiger partial charge in [0.15, 0.2) is 5.82 Å². The van der Waals surface area contributed by atoms with E-state index in [1.807, 2.05) is 19.1 Å². The molecular weight excluding hydrogens is 337 g/mol. The third-order valence-corrected chi connectivity index (χ3v) is 3.79. The van der Waals surface area contributed by atoms with Gasteiger partial charge in [-0.25, -0.2) is 4.39 Å². The van der Waals surface area contributed by atoms with Crippen molar-refractivity contribution in [1.29, 1.82) is 0 Å². The Balaban J connectivity index is 2.20. The summed E-state index contributed by atoms with van der Waals surface area (Å²) >= 11 is 3.12. The molecule has 106 valence electrons. The van der Waals surface area contributed by atoms with E-state index in [-0.39, 0.29) is 5.82 Å². The fourth-order valence-electron chi connectivity index (χ4n) is 2.13. The summed E-state index contributed by atoms with van der Waals surface area (Å²) in [4.78, 5) is 0. The smallest absolute Gasteiger partial charge is 0.189 e. The summed E-state index contributed by atoms with van der Waals surface area (Å²) in [5.41, 5.74) is 8.81. The lowest BCUT2D eigenvalue weighted by atomic mass is 10.1. The summed E-state index contributed by atoms with van der Waals surface area (Å²) in [6.45, 7) is 1.92. The van der Waals surface area contributed by atoms with Crippen molar-refractivity contribution in [1.82, 2.24) is 20.2 Å². The van der Waals surface area contributed by atoms with E-state index in [0.717, 1.165) is 11.1 Å². The van der Waals surface area contributed by atoms with Crippen molar-refractivity contribution in [2.45, 2.75) is 6.92 Å². The lowest BCUT2D eigenvalue weighted by Gasteiger charge is -2.10. The Kier molecular flexibility index (Phi) is 3.42. The fraction of sp³-hybridized carbons (Fsp3) is 0.0714. The Morgan fingerprint density at radius 3 is 2.76 bits per heavy atom. The number of hydrogen-bond donors (Lipinski definition) is 1. The summed E-state index contributed by atoms with van der Waals surface area (Å²) in [5, 5.41) is 11.6. The second kappa shape index (κ2) is 5.25. The first-order chi connectivity index (χ1) is 10.1. The molecule has 3 aromatic rings. The summed E-state index contributed by atoms with van der Waals surface area (Å²) in [7, 11) is 0. The Bertz CT molecular complexity index is 795. The number of nitrogen functional groups attached to an aromatic ring is 1. The van der Waals surface area contributed by atoms with Gasteiger partial charge in [0, 0.05) is 17.3 Å². The lowest BCUT2D eigenvalue weighted by molar-refractivity contribution is 0.618. The molecule has 0 spiro atoms. The van der Waals surface area contributed by atoms with Crippen LogP contribution < -0.4 is 5.73 Å². The molecule has 0 unspecified atom stereocenters. The topological polar surface area (TPSA) is 69.6 Å². The van der Waals surface area contributed by atoms with Gasteiger partial charge in [-0.1, -0.05) is 12.1 Å². The number of benzene rings is 2. The maximum Gasteiger partial charge on any atom is 0.189 e. The number of nitrogens with zero attached hydrogens (tertiary/aromatic N) is 4. The first-order valence-corrected chi connectivity index (χ1v) is 6.96. The van der Waals surface area contributed by atoms with Gasteiger partial charge < -0.3 is 5.73 Å². The molecule has 0 atom stereocenters. The molecule has 0 aliphatic rings. The first-order valence-electron chi connectivity index (χ1n) is 6.17. The average Bonchev–Trinajstić information content (AvgIpc) is 2.91. The first kappa shape index (κ1) is 13.7. The molecule has 5 nitrogen and oxygen atoms in total. The number of rotatable bonds is 2. The van der Waals surface area contributed by atoms with Crippen molar-refractivity contribution in [3.63, 3.8) is 0 Å². The maximum absolute atomic E-state index is 13.7. The monoisotopic (exact) mass is 347 g/mol. The minimum atomic E-state index is -0.383. The Hall–Kier alpha value is -2.28. The summed E-state index contributed by atoms with van der Waals surface area (Å²) in [6.07, 6.45) is 0. The minimum Gasteiger partial charge on any atom is -0.398 e. The van der Waals surface area contributed by atoms with Crippen LogP contribution in [0.5, 0.6) is 0 Å². The number of hydrogen-bond acceptors (Lipinski definition) is 4. The van der Waals surface area contributed by atoms with Crippen LogP contribution in [0.3, 0.4) is 0 Å². The molecule has 1 heterocycles. The number of anilines is 1. The van der Waals surface area contributed by atoms with Crippen LogP contribution in [0.1, 0.15) is 5.56 Å². The average molecular weight is 348 g/mol. The molecule has 0 amide bonds. The highest BCUT2D eigenvalue weighted by molar-refractivity contribution is 9.10. The molecule has 0 bridgehead atoms. The zero-order valence-electron chi connectivity index (χ0n) is 11.1. The van der Waals surface area contributed by atoms with Crippen LogP contribution >= 0.6 is 15.9 Å². The third kappa shape index (κ3) is 2.40. The minimum absolute atomic E-state index is 0.383. The molecule has 2 aromatic carbocycles. The molecule has 2 N–H and O–H groups in total. The summed E-state index contributed by atoms with van der Waals surface area (Å²) in [5.74, 6) is 0.0963. The van der Waals surface area contributed by atoms with Crippen molar-refractivity contribution in [2.75, 3.05) is 5.73 Å². The molecule has 0 fully saturated rings. The second-order valence-corrected chi connectivity index (χ2v) is 5.41. The van der Waals surface area contributed by atoms with Gasteiger partial charge in [0.1, 0.15) is 5.82 Å². The van der Waals surface area contributed by atoms with E-state index in [4.69, 9.17) is 5.73 Å². The van der Waals surface area contributed by atoms with E-state index in [1.54, 1.807) is 18.2 Å². The van der Waals surface area contributed by atoms with E-state index >= 15 is 0 Å². The van der Waals surface area contributed by atoms with Crippen LogP contribution in [-0.4, -0.2) is 20.2 Å². The van der Waals surface area contributed by atoms with Crippen molar-refractivity contribution in [3.8, 4) is 17.1 Å². The van der Waals surface area contributed by atoms with Crippen LogP contribution in [0.2, 0.25) is 0 Å². The van der Waals surface area contributed by atoms with Gasteiger partial charge in [-0.15, -0.1) is 5.10 Å². The number of tetrazole rings is 1. The Morgan fingerprint density at radius 2 is 2.05 bits per heavy atom. The summed E-state index contributed by atoms with van der Waals surface area (Å²) in [6, 6.07) is 10.3. The fourth-order valence-corrected chi connectivity index (χ4v) is 2.38. The van der Waals surface area contributed by atoms with Crippen LogP contribution in [0.4, 0.5) is 10.1 Å². The van der Waals surface area contributed by atoms with E-state index in [0.29, 0.717) is 21.7 Å². The van der Waals surface area contributed by atoms with Gasteiger partial charge in [0.25, 0.3) is 0 Å². The SMILES string of the molecule is Cc1cccc(N)c1-c1nnnn1-c1ccc(Br)c(F)c1. The number of nitrogens with two attached hydrogens (primary N) is 1. The molecule has 0 radical (unpaired) electrons. The van der Waals surface area contributed by atoms with Crippen LogP contribution in [0.25, 0.3) is 17.1 Å². The molecule has 0 saturated carbocycles. The van der Waals surface area contributed by atoms with Gasteiger partial charge in [-0.2, -0.15) is 4.68 Å². The third-order valence-electron chi connectivity index (χ3n) is 3.15. The van der Waals surface area contributed by atoms with Crippen molar-refractivity contribution < 1.29 is 4.39 Å². The van der Waals surface area contributed by atoms with Crippen molar-refractivity contribution >= 4 is 21.6 Å². The number of aromatic nitrogens is 4. The molecule has 0 aliphatic heterocycles. The molecule has 1 aromatic heterocycles. The predicted molar refractivity (Wildman–Crippen MR) is 81.4 cm³/mol. The second-order valence-electron chi connectivity index (χ2n) is 4.55. The standard InChI is InChI=1S/C14H11BrFN5/c1-8-3-2-4-12(17)13(8)14-18-19-20-21(14)9-5-6-10(15)11(16)7-9/h2-7H,17H2,1H3. The van der Waals surface area contributed by atoms with Crippen molar-refractivity contribution in [3.05, 3.63) is 52.3 Å². The van der Waals surface area contributed by atoms with Crippen LogP contribution in [-0.2, 0) is 0 Å². The molecule has 0 aliphatic carbocycles. The molecular formula is C14H11BrFN5. The number of aryl methyl sites for hydroxylation is 1. The van der Waals surface area contributed by atoms with Gasteiger partial charge in [0.2, 0.25) is 0 Å². The summed E-state index contributed by atoms with van der Waals surface area (Å²) < 4.78 is 15.6. The Labute approximate surface area is 128 Å². The van der Waals surface area contributed by atoms with Gasteiger partial charge in [-0.05, 0) is 57.0 Å². The van der Waals surface area contributed by atoms with E-state index in [9.17, 15) is 4.39 Å². The van der Waals surface area contributed by atoms with E-state index in [2.05, 4.69) is 31.5 Å². The predicted octanol–water partition coefficient (Wildman–Crippen LogP) is 3.12. The Morgan fingerprint density at radius 1 is 1.24 bits per heavy atom. The molecule has 7 heteroatoms. The van der Waals surface area contributed by atoms with Crippen LogP contribution in [0.15, 0.2) is 40.9 Å². The maximum atomic E-state index is 13.7. The van der Waals surface area contributed by atoms with Crippen molar-refractivity contribution in [2.24, 2.45) is 0 Å². The molecule has 21 heavy (non-hydrogen) atoms. The zero-order valence-corrected chi connectivity index (χ0v) is 12.7. The highest BCUT2D eigenvalue weighted by atomic mass is 79.9. The van der Waals surface area contributed by atoms with Gasteiger partial charge in [0.05, 0.1) is 10.2 Å². The lowest BCUT2D eigenvalue weighted by Crippen LogP contribution is -2.03. The molecule has 3 rings (SSSR count). The normalized spacial score (nSPS) is 10.8. The van der Waals surface area contributed by atoms with Gasteiger partial charge >= 0.3 is 0 Å². The van der Waals surface area contributed by atoms with E-state index in [1.165, 1.54) is 10.7 Å².